The fourth-order valence-corrected chi connectivity index (χ4v) is 2.43. The Bertz CT molecular complexity index is 506. The molecule has 1 aliphatic heterocycles. The molecule has 0 fully saturated rings. The Balaban J connectivity index is 2.31. The normalized spacial score (nSPS) is 14.8. The first kappa shape index (κ1) is 13.7. The van der Waals surface area contributed by atoms with Crippen LogP contribution in [0.5, 0.6) is 0 Å². The average Bonchev–Trinajstić information content (AvgIpc) is 2.26. The number of hydrogen-bond acceptors (Lipinski definition) is 4. The molecule has 0 spiro atoms. The van der Waals surface area contributed by atoms with Crippen molar-refractivity contribution >= 4 is 23.0 Å². The number of amides is 1. The highest BCUT2D eigenvalue weighted by Gasteiger charge is 2.21. The topological polar surface area (TPSA) is 78.6 Å². The highest BCUT2D eigenvalue weighted by molar-refractivity contribution is 5.95. The molecule has 0 saturated heterocycles. The van der Waals surface area contributed by atoms with Crippen LogP contribution in [0, 0.1) is 0 Å². The third-order valence-electron chi connectivity index (χ3n) is 3.18. The summed E-state index contributed by atoms with van der Waals surface area (Å²) in [6, 6.07) is 3.79. The second-order valence-corrected chi connectivity index (χ2v) is 5.78. The van der Waals surface area contributed by atoms with Gasteiger partial charge in [-0.15, -0.1) is 0 Å². The first-order valence-electron chi connectivity index (χ1n) is 6.42. The Labute approximate surface area is 113 Å². The molecule has 1 aromatic rings. The summed E-state index contributed by atoms with van der Waals surface area (Å²) in [6.07, 6.45) is 1.23. The van der Waals surface area contributed by atoms with Crippen molar-refractivity contribution in [2.24, 2.45) is 0 Å². The monoisotopic (exact) mass is 263 g/mol. The lowest BCUT2D eigenvalue weighted by Crippen LogP contribution is -2.36. The van der Waals surface area contributed by atoms with E-state index in [0.29, 0.717) is 18.7 Å². The first-order valence-corrected chi connectivity index (χ1v) is 6.42. The predicted molar refractivity (Wildman–Crippen MR) is 77.4 cm³/mol. The molecule has 1 heterocycles. The van der Waals surface area contributed by atoms with Crippen molar-refractivity contribution in [3.05, 3.63) is 17.7 Å². The van der Waals surface area contributed by atoms with E-state index in [1.54, 1.807) is 13.8 Å². The van der Waals surface area contributed by atoms with Gasteiger partial charge in [0.15, 0.2) is 0 Å². The van der Waals surface area contributed by atoms with Crippen molar-refractivity contribution in [1.29, 1.82) is 0 Å². The molecule has 5 heteroatoms. The van der Waals surface area contributed by atoms with Crippen LogP contribution in [0.3, 0.4) is 0 Å². The summed E-state index contributed by atoms with van der Waals surface area (Å²) in [4.78, 5) is 13.3. The maximum absolute atomic E-state index is 11.4. The number of nitrogens with two attached hydrogens (primary N) is 1. The minimum atomic E-state index is -0.805. The Morgan fingerprint density at radius 2 is 2.11 bits per heavy atom. The molecule has 1 amide bonds. The van der Waals surface area contributed by atoms with Gasteiger partial charge in [-0.25, -0.2) is 0 Å². The first-order chi connectivity index (χ1) is 8.76. The summed E-state index contributed by atoms with van der Waals surface area (Å²) in [5, 5.41) is 12.7. The number of aliphatic hydroxyl groups is 1. The smallest absolute Gasteiger partial charge is 0.224 e. The van der Waals surface area contributed by atoms with Crippen molar-refractivity contribution in [1.82, 2.24) is 0 Å². The number of anilines is 3. The second-order valence-electron chi connectivity index (χ2n) is 5.78. The fourth-order valence-electron chi connectivity index (χ4n) is 2.43. The van der Waals surface area contributed by atoms with E-state index in [4.69, 9.17) is 5.73 Å². The van der Waals surface area contributed by atoms with Gasteiger partial charge < -0.3 is 21.1 Å². The molecule has 5 nitrogen and oxygen atoms in total. The predicted octanol–water partition coefficient (Wildman–Crippen LogP) is 1.36. The van der Waals surface area contributed by atoms with Crippen molar-refractivity contribution in [3.63, 3.8) is 0 Å². The van der Waals surface area contributed by atoms with Gasteiger partial charge in [-0.1, -0.05) is 0 Å². The molecule has 0 unspecified atom stereocenters. The lowest BCUT2D eigenvalue weighted by molar-refractivity contribution is -0.116. The number of nitrogen functional groups attached to an aromatic ring is 1. The molecule has 0 saturated carbocycles. The summed E-state index contributed by atoms with van der Waals surface area (Å²) in [7, 11) is 1.88. The van der Waals surface area contributed by atoms with Gasteiger partial charge in [-0.3, -0.25) is 4.79 Å². The van der Waals surface area contributed by atoms with Crippen LogP contribution in [0.1, 0.15) is 25.8 Å². The van der Waals surface area contributed by atoms with Crippen molar-refractivity contribution in [2.75, 3.05) is 29.5 Å². The Hall–Kier alpha value is -1.75. The number of hydrogen-bond donors (Lipinski definition) is 3. The summed E-state index contributed by atoms with van der Waals surface area (Å²) in [5.74, 6) is 0.0355. The van der Waals surface area contributed by atoms with Gasteiger partial charge in [-0.05, 0) is 38.0 Å². The van der Waals surface area contributed by atoms with Crippen LogP contribution in [-0.4, -0.2) is 30.2 Å². The third kappa shape index (κ3) is 3.17. The van der Waals surface area contributed by atoms with E-state index >= 15 is 0 Å². The van der Waals surface area contributed by atoms with Gasteiger partial charge in [0.05, 0.1) is 17.0 Å². The zero-order chi connectivity index (χ0) is 14.2. The van der Waals surface area contributed by atoms with Crippen LogP contribution in [0.2, 0.25) is 0 Å². The number of fused-ring (bicyclic) bond motifs is 1. The molecule has 0 aromatic heterocycles. The van der Waals surface area contributed by atoms with Crippen LogP contribution in [0.25, 0.3) is 0 Å². The quantitative estimate of drug-likeness (QED) is 0.719. The van der Waals surface area contributed by atoms with E-state index in [-0.39, 0.29) is 5.91 Å². The number of nitrogens with zero attached hydrogens (tertiary/aromatic N) is 1. The van der Waals surface area contributed by atoms with Gasteiger partial charge in [0, 0.05) is 25.7 Å². The molecular formula is C14H21N3O2. The van der Waals surface area contributed by atoms with Gasteiger partial charge in [0.25, 0.3) is 0 Å². The lowest BCUT2D eigenvalue weighted by atomic mass is 10.0. The number of carbonyl (C=O) groups is 1. The number of carbonyl (C=O) groups excluding carboxylic acids is 1. The largest absolute Gasteiger partial charge is 0.397 e. The summed E-state index contributed by atoms with van der Waals surface area (Å²) in [5.41, 5.74) is 8.64. The van der Waals surface area contributed by atoms with Crippen LogP contribution in [0.4, 0.5) is 17.1 Å². The molecule has 0 radical (unpaired) electrons. The van der Waals surface area contributed by atoms with Crippen molar-refractivity contribution in [3.8, 4) is 0 Å². The molecule has 2 rings (SSSR count). The van der Waals surface area contributed by atoms with Gasteiger partial charge in [0.2, 0.25) is 5.91 Å². The molecule has 104 valence electrons. The van der Waals surface area contributed by atoms with Gasteiger partial charge in [-0.2, -0.15) is 0 Å². The summed E-state index contributed by atoms with van der Waals surface area (Å²) in [6.45, 7) is 3.96. The molecule has 1 aromatic carbocycles. The van der Waals surface area contributed by atoms with Crippen LogP contribution >= 0.6 is 0 Å². The fraction of sp³-hybridized carbons (Fsp3) is 0.500. The van der Waals surface area contributed by atoms with E-state index in [0.717, 1.165) is 23.4 Å². The highest BCUT2D eigenvalue weighted by Crippen LogP contribution is 2.33. The summed E-state index contributed by atoms with van der Waals surface area (Å²) < 4.78 is 0. The number of rotatable bonds is 3. The van der Waals surface area contributed by atoms with E-state index in [2.05, 4.69) is 5.32 Å². The zero-order valence-corrected chi connectivity index (χ0v) is 11.7. The van der Waals surface area contributed by atoms with Crippen molar-refractivity contribution in [2.45, 2.75) is 32.3 Å². The maximum Gasteiger partial charge on any atom is 0.224 e. The van der Waals surface area contributed by atoms with Crippen LogP contribution in [-0.2, 0) is 11.2 Å². The molecule has 0 aliphatic carbocycles. The van der Waals surface area contributed by atoms with Crippen LogP contribution < -0.4 is 16.0 Å². The maximum atomic E-state index is 11.4. The Morgan fingerprint density at radius 3 is 2.74 bits per heavy atom. The van der Waals surface area contributed by atoms with E-state index in [1.807, 2.05) is 24.1 Å². The third-order valence-corrected chi connectivity index (χ3v) is 3.18. The van der Waals surface area contributed by atoms with E-state index in [1.165, 1.54) is 0 Å². The highest BCUT2D eigenvalue weighted by atomic mass is 16.3. The van der Waals surface area contributed by atoms with Gasteiger partial charge in [0.1, 0.15) is 0 Å². The standard InChI is InChI=1S/C14H21N3O2/c1-14(2,19)8-17(3)12-7-11-9(6-10(12)15)4-5-13(18)16-11/h6-7,19H,4-5,8,15H2,1-3H3,(H,16,18). The Kier molecular flexibility index (Phi) is 3.41. The minimum Gasteiger partial charge on any atom is -0.397 e. The summed E-state index contributed by atoms with van der Waals surface area (Å²) >= 11 is 0. The number of likely N-dealkylation sites (N-methyl/N-ethyl adjacent to an activating group) is 1. The SMILES string of the molecule is CN(CC(C)(C)O)c1cc2c(cc1N)CCC(=O)N2. The molecule has 0 atom stereocenters. The molecular weight excluding hydrogens is 242 g/mol. The number of aryl methyl sites for hydroxylation is 1. The molecule has 19 heavy (non-hydrogen) atoms. The lowest BCUT2D eigenvalue weighted by Gasteiger charge is -2.29. The zero-order valence-electron chi connectivity index (χ0n) is 11.7. The number of benzene rings is 1. The average molecular weight is 263 g/mol. The molecule has 0 bridgehead atoms. The Morgan fingerprint density at radius 1 is 1.42 bits per heavy atom. The number of nitrogens with one attached hydrogen (secondary N) is 1. The van der Waals surface area contributed by atoms with Crippen molar-refractivity contribution < 1.29 is 9.90 Å². The van der Waals surface area contributed by atoms with E-state index in [9.17, 15) is 9.90 Å². The minimum absolute atomic E-state index is 0.0355. The second kappa shape index (κ2) is 4.74. The molecule has 1 aliphatic rings. The van der Waals surface area contributed by atoms with Crippen LogP contribution in [0.15, 0.2) is 12.1 Å². The van der Waals surface area contributed by atoms with Gasteiger partial charge >= 0.3 is 0 Å². The van der Waals surface area contributed by atoms with E-state index < -0.39 is 5.60 Å². The molecule has 4 N–H and O–H groups in total.